The molecule has 2 fully saturated rings. The van der Waals surface area contributed by atoms with Crippen LogP contribution in [0.15, 0.2) is 60.8 Å². The van der Waals surface area contributed by atoms with Gasteiger partial charge in [0.1, 0.15) is 54.9 Å². The lowest BCUT2D eigenvalue weighted by Crippen LogP contribution is -2.61. The molecule has 11 unspecified atom stereocenters. The molecule has 14 heteroatoms. The molecule has 2 heterocycles. The van der Waals surface area contributed by atoms with E-state index >= 15 is 0 Å². The van der Waals surface area contributed by atoms with Crippen molar-refractivity contribution in [1.82, 2.24) is 0 Å². The van der Waals surface area contributed by atoms with Crippen LogP contribution in [0.4, 0.5) is 0 Å². The van der Waals surface area contributed by atoms with E-state index in [1.54, 1.807) is 0 Å². The fourth-order valence-electron chi connectivity index (χ4n) is 9.61. The number of ether oxygens (including phenoxy) is 6. The summed E-state index contributed by atoms with van der Waals surface area (Å²) in [6.45, 7) is 3.57. The summed E-state index contributed by atoms with van der Waals surface area (Å²) in [5.74, 6) is -0.379. The van der Waals surface area contributed by atoms with Crippen LogP contribution in [-0.4, -0.2) is 142 Å². The third-order valence-electron chi connectivity index (χ3n) is 14.5. The van der Waals surface area contributed by atoms with Crippen LogP contribution in [0.25, 0.3) is 0 Å². The van der Waals surface area contributed by atoms with Gasteiger partial charge in [-0.1, -0.05) is 229 Å². The van der Waals surface area contributed by atoms with E-state index in [0.29, 0.717) is 13.0 Å². The van der Waals surface area contributed by atoms with Crippen LogP contribution in [0, 0.1) is 0 Å². The van der Waals surface area contributed by atoms with Crippen molar-refractivity contribution in [3.63, 3.8) is 0 Å². The third-order valence-corrected chi connectivity index (χ3v) is 14.5. The van der Waals surface area contributed by atoms with E-state index in [4.69, 9.17) is 28.4 Å². The summed E-state index contributed by atoms with van der Waals surface area (Å²) in [5, 5.41) is 72.4. The molecular weight excluding hydrogens is 981 g/mol. The third kappa shape index (κ3) is 35.9. The summed E-state index contributed by atoms with van der Waals surface area (Å²) >= 11 is 0. The molecular formula is C63H112O14. The van der Waals surface area contributed by atoms with E-state index < -0.39 is 80.7 Å². The maximum absolute atomic E-state index is 13.1. The molecule has 14 nitrogen and oxygen atoms in total. The first-order valence-corrected chi connectivity index (χ1v) is 30.9. The molecule has 0 radical (unpaired) electrons. The molecule has 0 amide bonds. The van der Waals surface area contributed by atoms with Gasteiger partial charge in [-0.3, -0.25) is 4.79 Å². The van der Waals surface area contributed by atoms with Crippen molar-refractivity contribution < 1.29 is 69.0 Å². The summed E-state index contributed by atoms with van der Waals surface area (Å²) in [7, 11) is 0. The number of allylic oxidation sites excluding steroid dienone is 10. The highest BCUT2D eigenvalue weighted by Gasteiger charge is 2.47. The monoisotopic (exact) mass is 1090 g/mol. The number of unbranched alkanes of at least 4 members (excludes halogenated alkanes) is 26. The van der Waals surface area contributed by atoms with Crippen LogP contribution in [0.2, 0.25) is 0 Å². The van der Waals surface area contributed by atoms with Crippen molar-refractivity contribution in [1.29, 1.82) is 0 Å². The van der Waals surface area contributed by atoms with Crippen molar-refractivity contribution in [3.05, 3.63) is 60.8 Å². The minimum Gasteiger partial charge on any atom is -0.457 e. The zero-order valence-electron chi connectivity index (χ0n) is 48.2. The Hall–Kier alpha value is -2.31. The Balaban J connectivity index is 1.70. The van der Waals surface area contributed by atoms with Gasteiger partial charge >= 0.3 is 5.97 Å². The Morgan fingerprint density at radius 2 is 0.844 bits per heavy atom. The van der Waals surface area contributed by atoms with E-state index in [1.165, 1.54) is 116 Å². The number of carbonyl (C=O) groups is 1. The average Bonchev–Trinajstić information content (AvgIpc) is 3.43. The van der Waals surface area contributed by atoms with Gasteiger partial charge in [0.2, 0.25) is 0 Å². The molecule has 77 heavy (non-hydrogen) atoms. The van der Waals surface area contributed by atoms with E-state index in [-0.39, 0.29) is 25.6 Å². The quantitative estimate of drug-likeness (QED) is 0.0172. The van der Waals surface area contributed by atoms with Crippen molar-refractivity contribution in [2.75, 3.05) is 33.0 Å². The Bertz CT molecular complexity index is 1500. The molecule has 0 saturated carbocycles. The first-order chi connectivity index (χ1) is 37.6. The molecule has 0 aromatic rings. The van der Waals surface area contributed by atoms with E-state index in [2.05, 4.69) is 74.6 Å². The number of carbonyl (C=O) groups excluding carboxylic acids is 1. The zero-order valence-corrected chi connectivity index (χ0v) is 48.2. The van der Waals surface area contributed by atoms with E-state index in [9.17, 15) is 40.5 Å². The minimum atomic E-state index is -1.71. The van der Waals surface area contributed by atoms with E-state index in [1.807, 2.05) is 0 Å². The van der Waals surface area contributed by atoms with Crippen LogP contribution in [0.5, 0.6) is 0 Å². The second-order valence-corrected chi connectivity index (χ2v) is 21.5. The molecule has 0 aromatic carbocycles. The highest BCUT2D eigenvalue weighted by Crippen LogP contribution is 2.27. The zero-order chi connectivity index (χ0) is 55.8. The van der Waals surface area contributed by atoms with Crippen LogP contribution in [-0.2, 0) is 33.2 Å². The Morgan fingerprint density at radius 1 is 0.442 bits per heavy atom. The van der Waals surface area contributed by atoms with Gasteiger partial charge in [0.05, 0.1) is 26.4 Å². The molecule has 2 saturated heterocycles. The largest absolute Gasteiger partial charge is 0.457 e. The van der Waals surface area contributed by atoms with Gasteiger partial charge in [0.15, 0.2) is 12.6 Å². The number of aliphatic hydroxyl groups excluding tert-OH is 7. The molecule has 0 spiro atoms. The first-order valence-electron chi connectivity index (χ1n) is 30.9. The molecule has 2 rings (SSSR count). The average molecular weight is 1090 g/mol. The van der Waals surface area contributed by atoms with Crippen molar-refractivity contribution >= 4 is 5.97 Å². The number of esters is 1. The highest BCUT2D eigenvalue weighted by molar-refractivity contribution is 5.69. The lowest BCUT2D eigenvalue weighted by molar-refractivity contribution is -0.332. The van der Waals surface area contributed by atoms with Crippen LogP contribution < -0.4 is 0 Å². The Kier molecular flexibility index (Phi) is 45.5. The SMILES string of the molecule is CC/C=C\C/C=C\C/C=C\C/C=C\C/C=C\CCCCCCCCOCC(COC1OC(COC2OC(CO)C(O)C(O)C2O)C(O)C(O)C1O)OC(=O)CCCCCCCCCCCCCCCCCCCCCCC. The smallest absolute Gasteiger partial charge is 0.306 e. The standard InChI is InChI=1S/C63H112O14/c1-3-5-7-9-11-13-15-17-19-21-23-25-27-29-31-33-35-37-39-41-43-45-47-72-49-52(50-73-62-61(71)59(69)57(67)54(77-62)51-74-63-60(70)58(68)56(66)53(48-64)76-63)75-55(65)46-44-42-40-38-36-34-32-30-28-26-24-22-20-18-16-14-12-10-8-6-4-2/h5,7,11,13,17,19,23,25,29,31,52-54,56-64,66-71H,3-4,6,8-10,12,14-16,18,20-22,24,26-28,30,32-51H2,1-2H3/b7-5-,13-11-,19-17-,25-23-,31-29-. The summed E-state index contributed by atoms with van der Waals surface area (Å²) in [4.78, 5) is 13.1. The lowest BCUT2D eigenvalue weighted by atomic mass is 9.98. The molecule has 2 aliphatic rings. The summed E-state index contributed by atoms with van der Waals surface area (Å²) in [5.41, 5.74) is 0. The Labute approximate surface area is 466 Å². The summed E-state index contributed by atoms with van der Waals surface area (Å²) < 4.78 is 34.4. The molecule has 0 bridgehead atoms. The summed E-state index contributed by atoms with van der Waals surface area (Å²) in [6.07, 6.45) is 45.7. The number of aliphatic hydroxyl groups is 7. The second-order valence-electron chi connectivity index (χ2n) is 21.5. The maximum Gasteiger partial charge on any atom is 0.306 e. The topological polar surface area (TPSA) is 214 Å². The van der Waals surface area contributed by atoms with Crippen LogP contribution in [0.1, 0.15) is 232 Å². The van der Waals surface area contributed by atoms with E-state index in [0.717, 1.165) is 89.9 Å². The predicted octanol–water partition coefficient (Wildman–Crippen LogP) is 11.6. The molecule has 2 aliphatic heterocycles. The predicted molar refractivity (Wildman–Crippen MR) is 307 cm³/mol. The van der Waals surface area contributed by atoms with Gasteiger partial charge < -0.3 is 64.2 Å². The highest BCUT2D eigenvalue weighted by atomic mass is 16.7. The molecule has 448 valence electrons. The van der Waals surface area contributed by atoms with Crippen LogP contribution in [0.3, 0.4) is 0 Å². The van der Waals surface area contributed by atoms with Gasteiger partial charge in [-0.05, 0) is 57.8 Å². The van der Waals surface area contributed by atoms with Crippen LogP contribution >= 0.6 is 0 Å². The molecule has 7 N–H and O–H groups in total. The van der Waals surface area contributed by atoms with Gasteiger partial charge in [-0.25, -0.2) is 0 Å². The lowest BCUT2D eigenvalue weighted by Gasteiger charge is -2.42. The van der Waals surface area contributed by atoms with Crippen molar-refractivity contribution in [2.24, 2.45) is 0 Å². The minimum absolute atomic E-state index is 0.0515. The normalized spacial score (nSPS) is 24.7. The molecule has 0 aromatic heterocycles. The second kappa shape index (κ2) is 49.5. The Morgan fingerprint density at radius 3 is 1.32 bits per heavy atom. The van der Waals surface area contributed by atoms with Gasteiger partial charge in [-0.15, -0.1) is 0 Å². The van der Waals surface area contributed by atoms with Gasteiger partial charge in [0.25, 0.3) is 0 Å². The first kappa shape index (κ1) is 70.8. The summed E-state index contributed by atoms with van der Waals surface area (Å²) in [6, 6.07) is 0. The maximum atomic E-state index is 13.1. The molecule has 11 atom stereocenters. The number of hydrogen-bond acceptors (Lipinski definition) is 14. The van der Waals surface area contributed by atoms with Crippen molar-refractivity contribution in [2.45, 2.75) is 300 Å². The number of hydrogen-bond donors (Lipinski definition) is 7. The fraction of sp³-hybridized carbons (Fsp3) is 0.825. The van der Waals surface area contributed by atoms with Gasteiger partial charge in [-0.2, -0.15) is 0 Å². The van der Waals surface area contributed by atoms with Gasteiger partial charge in [0, 0.05) is 13.0 Å². The van der Waals surface area contributed by atoms with Crippen molar-refractivity contribution in [3.8, 4) is 0 Å². The fourth-order valence-corrected chi connectivity index (χ4v) is 9.61. The number of rotatable bonds is 50. The molecule has 0 aliphatic carbocycles.